The molecular formula is C23H15Br2NO3. The number of aromatic carboxylic acids is 1. The van der Waals surface area contributed by atoms with Gasteiger partial charge in [-0.2, -0.15) is 5.26 Å². The van der Waals surface area contributed by atoms with Crippen molar-refractivity contribution >= 4 is 49.5 Å². The quantitative estimate of drug-likeness (QED) is 0.300. The number of rotatable bonds is 6. The molecule has 3 aromatic rings. The van der Waals surface area contributed by atoms with Crippen LogP contribution in [-0.4, -0.2) is 11.1 Å². The second-order valence-electron chi connectivity index (χ2n) is 6.15. The third-order valence-electron chi connectivity index (χ3n) is 4.14. The molecule has 3 rings (SSSR count). The van der Waals surface area contributed by atoms with Gasteiger partial charge >= 0.3 is 5.97 Å². The highest BCUT2D eigenvalue weighted by Crippen LogP contribution is 2.29. The lowest BCUT2D eigenvalue weighted by molar-refractivity contribution is 0.0697. The molecule has 0 spiro atoms. The molecule has 0 aliphatic rings. The summed E-state index contributed by atoms with van der Waals surface area (Å²) in [5.41, 5.74) is 2.99. The molecule has 4 nitrogen and oxygen atoms in total. The maximum Gasteiger partial charge on any atom is 0.335 e. The Hall–Kier alpha value is -2.88. The molecule has 0 aliphatic heterocycles. The first kappa shape index (κ1) is 20.8. The number of nitrogens with zero attached hydrogens (tertiary/aromatic N) is 1. The summed E-state index contributed by atoms with van der Waals surface area (Å²) in [6, 6.07) is 21.8. The van der Waals surface area contributed by atoms with Gasteiger partial charge in [0.2, 0.25) is 0 Å². The Morgan fingerprint density at radius 2 is 1.59 bits per heavy atom. The van der Waals surface area contributed by atoms with Gasteiger partial charge in [0, 0.05) is 14.5 Å². The molecule has 0 bridgehead atoms. The largest absolute Gasteiger partial charge is 0.488 e. The van der Waals surface area contributed by atoms with Crippen molar-refractivity contribution in [3.05, 3.63) is 97.9 Å². The van der Waals surface area contributed by atoms with Crippen molar-refractivity contribution < 1.29 is 14.6 Å². The smallest absolute Gasteiger partial charge is 0.335 e. The Balaban J connectivity index is 1.89. The highest BCUT2D eigenvalue weighted by Gasteiger charge is 2.09. The molecule has 0 atom stereocenters. The van der Waals surface area contributed by atoms with Crippen LogP contribution in [0.15, 0.2) is 75.7 Å². The number of carboxylic acid groups (broad SMARTS) is 1. The van der Waals surface area contributed by atoms with E-state index in [1.807, 2.05) is 42.5 Å². The van der Waals surface area contributed by atoms with Gasteiger partial charge in [0.05, 0.1) is 17.2 Å². The van der Waals surface area contributed by atoms with E-state index in [1.165, 1.54) is 12.1 Å². The van der Waals surface area contributed by atoms with Crippen molar-refractivity contribution in [3.63, 3.8) is 0 Å². The van der Waals surface area contributed by atoms with E-state index in [0.29, 0.717) is 23.5 Å². The SMILES string of the molecule is N#C/C(=C/c1cc(Br)ccc1OCc1ccc(Br)cc1)c1ccc(C(=O)O)cc1. The average Bonchev–Trinajstić information content (AvgIpc) is 2.72. The van der Waals surface area contributed by atoms with Crippen LogP contribution < -0.4 is 4.74 Å². The number of hydrogen-bond donors (Lipinski definition) is 1. The highest BCUT2D eigenvalue weighted by atomic mass is 79.9. The Bertz CT molecular complexity index is 1100. The van der Waals surface area contributed by atoms with Crippen LogP contribution in [0.25, 0.3) is 11.6 Å². The van der Waals surface area contributed by atoms with E-state index in [2.05, 4.69) is 37.9 Å². The molecule has 0 fully saturated rings. The average molecular weight is 513 g/mol. The lowest BCUT2D eigenvalue weighted by Crippen LogP contribution is -1.97. The number of ether oxygens (including phenoxy) is 1. The van der Waals surface area contributed by atoms with Crippen molar-refractivity contribution in [1.29, 1.82) is 5.26 Å². The van der Waals surface area contributed by atoms with Crippen LogP contribution in [0.4, 0.5) is 0 Å². The van der Waals surface area contributed by atoms with Gasteiger partial charge in [0.25, 0.3) is 0 Å². The number of nitriles is 1. The second-order valence-corrected chi connectivity index (χ2v) is 7.98. The lowest BCUT2D eigenvalue weighted by atomic mass is 10.0. The van der Waals surface area contributed by atoms with Crippen LogP contribution in [0.5, 0.6) is 5.75 Å². The second kappa shape index (κ2) is 9.55. The zero-order chi connectivity index (χ0) is 20.8. The fraction of sp³-hybridized carbons (Fsp3) is 0.0435. The summed E-state index contributed by atoms with van der Waals surface area (Å²) in [7, 11) is 0. The van der Waals surface area contributed by atoms with Gasteiger partial charge in [-0.3, -0.25) is 0 Å². The molecule has 29 heavy (non-hydrogen) atoms. The predicted molar refractivity (Wildman–Crippen MR) is 120 cm³/mol. The third kappa shape index (κ3) is 5.57. The van der Waals surface area contributed by atoms with Gasteiger partial charge in [0.15, 0.2) is 0 Å². The van der Waals surface area contributed by atoms with Gasteiger partial charge in [-0.15, -0.1) is 0 Å². The minimum absolute atomic E-state index is 0.173. The maximum absolute atomic E-state index is 11.0. The molecule has 0 amide bonds. The first-order valence-corrected chi connectivity index (χ1v) is 10.2. The van der Waals surface area contributed by atoms with Crippen LogP contribution in [0.2, 0.25) is 0 Å². The fourth-order valence-corrected chi connectivity index (χ4v) is 3.28. The Labute approximate surface area is 185 Å². The first-order chi connectivity index (χ1) is 14.0. The molecule has 0 saturated carbocycles. The molecule has 0 saturated heterocycles. The van der Waals surface area contributed by atoms with E-state index >= 15 is 0 Å². The number of allylic oxidation sites excluding steroid dienone is 1. The molecule has 0 unspecified atom stereocenters. The minimum Gasteiger partial charge on any atom is -0.488 e. The Morgan fingerprint density at radius 1 is 0.966 bits per heavy atom. The molecule has 3 aromatic carbocycles. The van der Waals surface area contributed by atoms with Crippen LogP contribution in [0, 0.1) is 11.3 Å². The summed E-state index contributed by atoms with van der Waals surface area (Å²) in [6.07, 6.45) is 1.73. The minimum atomic E-state index is -1.00. The standard InChI is InChI=1S/C23H15Br2NO3/c24-20-7-1-15(2-8-20)14-29-22-10-9-21(25)12-18(22)11-19(13-26)16-3-5-17(6-4-16)23(27)28/h1-12H,14H2,(H,27,28)/b19-11-. The summed E-state index contributed by atoms with van der Waals surface area (Å²) in [4.78, 5) is 11.0. The fourth-order valence-electron chi connectivity index (χ4n) is 2.63. The number of halogens is 2. The highest BCUT2D eigenvalue weighted by molar-refractivity contribution is 9.10. The number of hydrogen-bond acceptors (Lipinski definition) is 3. The van der Waals surface area contributed by atoms with Crippen LogP contribution in [0.3, 0.4) is 0 Å². The van der Waals surface area contributed by atoms with E-state index in [4.69, 9.17) is 9.84 Å². The summed E-state index contributed by atoms with van der Waals surface area (Å²) >= 11 is 6.87. The third-order valence-corrected chi connectivity index (χ3v) is 5.16. The molecule has 0 radical (unpaired) electrons. The zero-order valence-corrected chi connectivity index (χ0v) is 18.3. The molecule has 1 N–H and O–H groups in total. The van der Waals surface area contributed by atoms with Crippen molar-refractivity contribution in [2.45, 2.75) is 6.61 Å². The van der Waals surface area contributed by atoms with E-state index in [1.54, 1.807) is 18.2 Å². The predicted octanol–water partition coefficient (Wildman–Crippen LogP) is 6.55. The van der Waals surface area contributed by atoms with Gasteiger partial charge < -0.3 is 9.84 Å². The van der Waals surface area contributed by atoms with Gasteiger partial charge in [-0.25, -0.2) is 4.79 Å². The number of benzene rings is 3. The number of carboxylic acids is 1. The summed E-state index contributed by atoms with van der Waals surface area (Å²) in [6.45, 7) is 0.394. The van der Waals surface area contributed by atoms with Crippen LogP contribution in [-0.2, 0) is 6.61 Å². The van der Waals surface area contributed by atoms with Crippen LogP contribution >= 0.6 is 31.9 Å². The Morgan fingerprint density at radius 3 is 2.21 bits per heavy atom. The normalized spacial score (nSPS) is 11.0. The van der Waals surface area contributed by atoms with Crippen molar-refractivity contribution in [3.8, 4) is 11.8 Å². The van der Waals surface area contributed by atoms with Crippen LogP contribution in [0.1, 0.15) is 27.0 Å². The molecule has 6 heteroatoms. The Kier molecular flexibility index (Phi) is 6.86. The summed E-state index contributed by atoms with van der Waals surface area (Å²) < 4.78 is 7.84. The summed E-state index contributed by atoms with van der Waals surface area (Å²) in [5.74, 6) is -0.360. The van der Waals surface area contributed by atoms with E-state index in [9.17, 15) is 10.1 Å². The molecular weight excluding hydrogens is 498 g/mol. The van der Waals surface area contributed by atoms with Gasteiger partial charge in [-0.05, 0) is 59.7 Å². The topological polar surface area (TPSA) is 70.3 Å². The zero-order valence-electron chi connectivity index (χ0n) is 15.1. The molecule has 0 heterocycles. The maximum atomic E-state index is 11.0. The number of carbonyl (C=O) groups is 1. The van der Waals surface area contributed by atoms with Crippen molar-refractivity contribution in [2.24, 2.45) is 0 Å². The van der Waals surface area contributed by atoms with E-state index in [-0.39, 0.29) is 5.56 Å². The first-order valence-electron chi connectivity index (χ1n) is 8.58. The molecule has 144 valence electrons. The van der Waals surface area contributed by atoms with Gasteiger partial charge in [-0.1, -0.05) is 56.1 Å². The lowest BCUT2D eigenvalue weighted by Gasteiger charge is -2.11. The van der Waals surface area contributed by atoms with Crippen molar-refractivity contribution in [1.82, 2.24) is 0 Å². The van der Waals surface area contributed by atoms with E-state index < -0.39 is 5.97 Å². The van der Waals surface area contributed by atoms with Gasteiger partial charge in [0.1, 0.15) is 12.4 Å². The molecule has 0 aromatic heterocycles. The monoisotopic (exact) mass is 511 g/mol. The molecule has 0 aliphatic carbocycles. The van der Waals surface area contributed by atoms with Crippen molar-refractivity contribution in [2.75, 3.05) is 0 Å². The van der Waals surface area contributed by atoms with E-state index in [0.717, 1.165) is 20.1 Å². The summed E-state index contributed by atoms with van der Waals surface area (Å²) in [5, 5.41) is 18.7.